The number of rotatable bonds is 4. The number of hydrogen-bond acceptors (Lipinski definition) is 4. The van der Waals surface area contributed by atoms with Gasteiger partial charge in [-0.2, -0.15) is 0 Å². The van der Waals surface area contributed by atoms with Crippen LogP contribution in [0.2, 0.25) is 0 Å². The molecule has 0 saturated carbocycles. The Hall–Kier alpha value is -1.62. The summed E-state index contributed by atoms with van der Waals surface area (Å²) in [6.07, 6.45) is 4.65. The van der Waals surface area contributed by atoms with E-state index in [9.17, 15) is 0 Å². The maximum Gasteiger partial charge on any atom is 0.150 e. The first kappa shape index (κ1) is 9.92. The van der Waals surface area contributed by atoms with Gasteiger partial charge in [-0.1, -0.05) is 12.1 Å². The van der Waals surface area contributed by atoms with E-state index in [2.05, 4.69) is 21.6 Å². The van der Waals surface area contributed by atoms with Crippen molar-refractivity contribution in [1.82, 2.24) is 14.7 Å². The highest BCUT2D eigenvalue weighted by atomic mass is 16.5. The summed E-state index contributed by atoms with van der Waals surface area (Å²) in [7, 11) is 0. The average molecular weight is 206 g/mol. The highest BCUT2D eigenvalue weighted by molar-refractivity contribution is 5.53. The van der Waals surface area contributed by atoms with Crippen LogP contribution in [0.3, 0.4) is 0 Å². The van der Waals surface area contributed by atoms with E-state index in [0.717, 1.165) is 24.4 Å². The summed E-state index contributed by atoms with van der Waals surface area (Å²) in [5, 5.41) is 3.96. The van der Waals surface area contributed by atoms with Crippen LogP contribution in [0.5, 0.6) is 0 Å². The number of hydrogen-bond donors (Lipinski definition) is 1. The number of nitrogens with zero attached hydrogens (tertiary/aromatic N) is 3. The van der Waals surface area contributed by atoms with Crippen molar-refractivity contribution in [1.29, 1.82) is 0 Å². The molecule has 0 aliphatic rings. The lowest BCUT2D eigenvalue weighted by Crippen LogP contribution is -1.97. The Labute approximate surface area is 87.9 Å². The minimum atomic E-state index is 0.370. The van der Waals surface area contributed by atoms with Crippen molar-refractivity contribution in [3.63, 3.8) is 0 Å². The van der Waals surface area contributed by atoms with Crippen molar-refractivity contribution in [3.05, 3.63) is 24.4 Å². The van der Waals surface area contributed by atoms with Gasteiger partial charge in [0, 0.05) is 12.6 Å². The number of aryl methyl sites for hydroxylation is 1. The van der Waals surface area contributed by atoms with Crippen molar-refractivity contribution in [2.45, 2.75) is 26.4 Å². The Morgan fingerprint density at radius 3 is 3.07 bits per heavy atom. The fraction of sp³-hybridized carbons (Fsp3) is 0.400. The molecule has 80 valence electrons. The molecule has 0 amide bonds. The van der Waals surface area contributed by atoms with Gasteiger partial charge in [0.1, 0.15) is 5.69 Å². The Balaban J connectivity index is 2.31. The summed E-state index contributed by atoms with van der Waals surface area (Å²) in [5.74, 6) is 0.689. The first-order valence-corrected chi connectivity index (χ1v) is 5.01. The zero-order chi connectivity index (χ0) is 10.7. The van der Waals surface area contributed by atoms with E-state index in [1.54, 1.807) is 12.5 Å². The van der Waals surface area contributed by atoms with E-state index in [4.69, 9.17) is 10.3 Å². The molecule has 0 aromatic carbocycles. The fourth-order valence-electron chi connectivity index (χ4n) is 1.48. The highest BCUT2D eigenvalue weighted by Crippen LogP contribution is 2.18. The van der Waals surface area contributed by atoms with Gasteiger partial charge >= 0.3 is 0 Å². The SMILES string of the molecule is CCCn1cncc1-c1cc(CN)on1. The number of imidazole rings is 1. The quantitative estimate of drug-likeness (QED) is 0.821. The summed E-state index contributed by atoms with van der Waals surface area (Å²) in [4.78, 5) is 4.10. The Morgan fingerprint density at radius 2 is 2.40 bits per heavy atom. The van der Waals surface area contributed by atoms with Gasteiger partial charge in [0.25, 0.3) is 0 Å². The second-order valence-corrected chi connectivity index (χ2v) is 3.35. The van der Waals surface area contributed by atoms with Gasteiger partial charge in [0.15, 0.2) is 5.76 Å². The molecule has 2 rings (SSSR count). The summed E-state index contributed by atoms with van der Waals surface area (Å²) in [6, 6.07) is 1.85. The second-order valence-electron chi connectivity index (χ2n) is 3.35. The molecule has 0 atom stereocenters. The van der Waals surface area contributed by atoms with Crippen LogP contribution in [0.4, 0.5) is 0 Å². The molecular formula is C10H14N4O. The van der Waals surface area contributed by atoms with E-state index in [1.165, 1.54) is 0 Å². The van der Waals surface area contributed by atoms with Crippen molar-refractivity contribution in [2.24, 2.45) is 5.73 Å². The normalized spacial score (nSPS) is 10.8. The van der Waals surface area contributed by atoms with Crippen LogP contribution in [0.25, 0.3) is 11.4 Å². The first-order valence-electron chi connectivity index (χ1n) is 5.01. The van der Waals surface area contributed by atoms with E-state index < -0.39 is 0 Å². The molecule has 5 nitrogen and oxygen atoms in total. The molecule has 0 spiro atoms. The van der Waals surface area contributed by atoms with Crippen LogP contribution in [0.1, 0.15) is 19.1 Å². The zero-order valence-corrected chi connectivity index (χ0v) is 8.68. The zero-order valence-electron chi connectivity index (χ0n) is 8.68. The van der Waals surface area contributed by atoms with Crippen LogP contribution in [-0.4, -0.2) is 14.7 Å². The lowest BCUT2D eigenvalue weighted by Gasteiger charge is -2.02. The average Bonchev–Trinajstić information content (AvgIpc) is 2.85. The van der Waals surface area contributed by atoms with E-state index >= 15 is 0 Å². The van der Waals surface area contributed by atoms with Gasteiger partial charge in [0.2, 0.25) is 0 Å². The summed E-state index contributed by atoms with van der Waals surface area (Å²) in [6.45, 7) is 3.42. The molecule has 2 aromatic rings. The van der Waals surface area contributed by atoms with Crippen LogP contribution in [-0.2, 0) is 13.1 Å². The maximum atomic E-state index is 5.46. The Kier molecular flexibility index (Phi) is 2.82. The fourth-order valence-corrected chi connectivity index (χ4v) is 1.48. The molecule has 0 unspecified atom stereocenters. The third-order valence-electron chi connectivity index (χ3n) is 2.20. The van der Waals surface area contributed by atoms with Crippen LogP contribution < -0.4 is 5.73 Å². The molecule has 2 N–H and O–H groups in total. The van der Waals surface area contributed by atoms with Crippen molar-refractivity contribution in [2.75, 3.05) is 0 Å². The summed E-state index contributed by atoms with van der Waals surface area (Å²) < 4.78 is 7.11. The lowest BCUT2D eigenvalue weighted by atomic mass is 10.3. The topological polar surface area (TPSA) is 69.9 Å². The standard InChI is InChI=1S/C10H14N4O/c1-2-3-14-7-12-6-10(14)9-4-8(5-11)15-13-9/h4,6-7H,2-3,5,11H2,1H3. The van der Waals surface area contributed by atoms with Gasteiger partial charge in [-0.25, -0.2) is 4.98 Å². The van der Waals surface area contributed by atoms with Crippen LogP contribution in [0, 0.1) is 0 Å². The molecule has 15 heavy (non-hydrogen) atoms. The molecule has 5 heteroatoms. The smallest absolute Gasteiger partial charge is 0.150 e. The monoisotopic (exact) mass is 206 g/mol. The molecule has 2 heterocycles. The third kappa shape index (κ3) is 1.92. The number of nitrogens with two attached hydrogens (primary N) is 1. The largest absolute Gasteiger partial charge is 0.359 e. The first-order chi connectivity index (χ1) is 7.35. The van der Waals surface area contributed by atoms with E-state index in [0.29, 0.717) is 12.3 Å². The van der Waals surface area contributed by atoms with Crippen LogP contribution in [0.15, 0.2) is 23.1 Å². The van der Waals surface area contributed by atoms with E-state index in [-0.39, 0.29) is 0 Å². The Bertz CT molecular complexity index is 432. The van der Waals surface area contributed by atoms with E-state index in [1.807, 2.05) is 6.07 Å². The molecule has 0 bridgehead atoms. The Morgan fingerprint density at radius 1 is 1.53 bits per heavy atom. The molecule has 2 aromatic heterocycles. The third-order valence-corrected chi connectivity index (χ3v) is 2.20. The van der Waals surface area contributed by atoms with Gasteiger partial charge in [-0.15, -0.1) is 0 Å². The van der Waals surface area contributed by atoms with Crippen molar-refractivity contribution in [3.8, 4) is 11.4 Å². The minimum Gasteiger partial charge on any atom is -0.359 e. The predicted octanol–water partition coefficient (Wildman–Crippen LogP) is 1.41. The molecular weight excluding hydrogens is 192 g/mol. The van der Waals surface area contributed by atoms with Gasteiger partial charge in [0.05, 0.1) is 24.8 Å². The molecule has 0 radical (unpaired) electrons. The summed E-state index contributed by atoms with van der Waals surface area (Å²) >= 11 is 0. The summed E-state index contributed by atoms with van der Waals surface area (Å²) in [5.41, 5.74) is 7.22. The molecule has 0 saturated heterocycles. The van der Waals surface area contributed by atoms with Crippen molar-refractivity contribution >= 4 is 0 Å². The molecule has 0 aliphatic heterocycles. The van der Waals surface area contributed by atoms with Crippen LogP contribution >= 0.6 is 0 Å². The molecule has 0 aliphatic carbocycles. The number of aromatic nitrogens is 3. The maximum absolute atomic E-state index is 5.46. The second kappa shape index (κ2) is 4.27. The lowest BCUT2D eigenvalue weighted by molar-refractivity contribution is 0.386. The molecule has 0 fully saturated rings. The van der Waals surface area contributed by atoms with Gasteiger partial charge in [-0.3, -0.25) is 0 Å². The van der Waals surface area contributed by atoms with Gasteiger partial charge < -0.3 is 14.8 Å². The minimum absolute atomic E-state index is 0.370. The predicted molar refractivity (Wildman–Crippen MR) is 55.9 cm³/mol. The van der Waals surface area contributed by atoms with Crippen molar-refractivity contribution < 1.29 is 4.52 Å². The highest BCUT2D eigenvalue weighted by Gasteiger charge is 2.09. The van der Waals surface area contributed by atoms with Gasteiger partial charge in [-0.05, 0) is 6.42 Å².